The highest BCUT2D eigenvalue weighted by molar-refractivity contribution is 6.30. The van der Waals surface area contributed by atoms with Crippen LogP contribution in [0.5, 0.6) is 5.75 Å². The molecule has 1 unspecified atom stereocenters. The summed E-state index contributed by atoms with van der Waals surface area (Å²) in [5.41, 5.74) is -2.51. The molecule has 0 radical (unpaired) electrons. The predicted molar refractivity (Wildman–Crippen MR) is 132 cm³/mol. The fraction of sp³-hybridized carbons (Fsp3) is 0.143. The SMILES string of the molecule is COc1cc(F)cc(C(Cc2ccccc2)(NC(=O)c2ccc(F)c(C(F)(F)F)c2)c2ccc(Cl)cn2)c1. The van der Waals surface area contributed by atoms with Gasteiger partial charge in [-0.05, 0) is 53.6 Å². The van der Waals surface area contributed by atoms with E-state index in [0.717, 1.165) is 12.1 Å². The highest BCUT2D eigenvalue weighted by Crippen LogP contribution is 2.37. The minimum atomic E-state index is -5.02. The Morgan fingerprint density at radius 3 is 2.34 bits per heavy atom. The van der Waals surface area contributed by atoms with Gasteiger partial charge in [0, 0.05) is 24.2 Å². The fourth-order valence-electron chi connectivity index (χ4n) is 4.13. The smallest absolute Gasteiger partial charge is 0.419 e. The van der Waals surface area contributed by atoms with Gasteiger partial charge in [-0.25, -0.2) is 8.78 Å². The normalized spacial score (nSPS) is 13.0. The van der Waals surface area contributed by atoms with E-state index in [9.17, 15) is 26.7 Å². The van der Waals surface area contributed by atoms with E-state index in [1.54, 1.807) is 30.3 Å². The van der Waals surface area contributed by atoms with Crippen molar-refractivity contribution in [3.05, 3.63) is 130 Å². The zero-order valence-electron chi connectivity index (χ0n) is 19.8. The summed E-state index contributed by atoms with van der Waals surface area (Å²) in [4.78, 5) is 17.9. The highest BCUT2D eigenvalue weighted by atomic mass is 35.5. The summed E-state index contributed by atoms with van der Waals surface area (Å²) in [7, 11) is 1.34. The Morgan fingerprint density at radius 2 is 1.71 bits per heavy atom. The molecule has 1 amide bonds. The summed E-state index contributed by atoms with van der Waals surface area (Å²) < 4.78 is 74.0. The van der Waals surface area contributed by atoms with Gasteiger partial charge < -0.3 is 10.1 Å². The average Bonchev–Trinajstić information content (AvgIpc) is 2.88. The second-order valence-electron chi connectivity index (χ2n) is 8.46. The molecule has 38 heavy (non-hydrogen) atoms. The molecule has 3 aromatic carbocycles. The van der Waals surface area contributed by atoms with E-state index in [4.69, 9.17) is 16.3 Å². The predicted octanol–water partition coefficient (Wildman–Crippen LogP) is 6.96. The van der Waals surface area contributed by atoms with Crippen LogP contribution >= 0.6 is 11.6 Å². The van der Waals surface area contributed by atoms with Gasteiger partial charge in [0.2, 0.25) is 0 Å². The number of carbonyl (C=O) groups excluding carboxylic acids is 1. The van der Waals surface area contributed by atoms with Gasteiger partial charge in [-0.15, -0.1) is 0 Å². The molecule has 0 aliphatic rings. The first-order valence-corrected chi connectivity index (χ1v) is 11.6. The molecule has 4 nitrogen and oxygen atoms in total. The quantitative estimate of drug-likeness (QED) is 0.255. The highest BCUT2D eigenvalue weighted by Gasteiger charge is 2.40. The zero-order valence-corrected chi connectivity index (χ0v) is 20.6. The van der Waals surface area contributed by atoms with Crippen molar-refractivity contribution in [2.75, 3.05) is 7.11 Å². The molecule has 0 saturated carbocycles. The van der Waals surface area contributed by atoms with Crippen LogP contribution < -0.4 is 10.1 Å². The molecule has 10 heteroatoms. The first kappa shape index (κ1) is 27.1. The lowest BCUT2D eigenvalue weighted by atomic mass is 9.80. The first-order valence-electron chi connectivity index (χ1n) is 11.2. The molecule has 0 spiro atoms. The number of hydrogen-bond acceptors (Lipinski definition) is 3. The third kappa shape index (κ3) is 5.78. The molecule has 4 aromatic rings. The van der Waals surface area contributed by atoms with Crippen molar-refractivity contribution < 1.29 is 31.5 Å². The van der Waals surface area contributed by atoms with E-state index >= 15 is 0 Å². The van der Waals surface area contributed by atoms with Crippen LogP contribution in [0.25, 0.3) is 0 Å². The van der Waals surface area contributed by atoms with Gasteiger partial charge in [0.25, 0.3) is 5.91 Å². The van der Waals surface area contributed by atoms with Crippen molar-refractivity contribution >= 4 is 17.5 Å². The monoisotopic (exact) mass is 546 g/mol. The number of alkyl halides is 3. The van der Waals surface area contributed by atoms with E-state index < -0.39 is 40.4 Å². The molecule has 0 aliphatic heterocycles. The molecule has 0 saturated heterocycles. The Hall–Kier alpha value is -3.98. The molecule has 0 aliphatic carbocycles. The van der Waals surface area contributed by atoms with Gasteiger partial charge in [-0.2, -0.15) is 13.2 Å². The lowest BCUT2D eigenvalue weighted by Crippen LogP contribution is -2.49. The first-order chi connectivity index (χ1) is 18.0. The fourth-order valence-corrected chi connectivity index (χ4v) is 4.24. The summed E-state index contributed by atoms with van der Waals surface area (Å²) in [6.45, 7) is 0. The number of carbonyl (C=O) groups is 1. The number of aromatic nitrogens is 1. The van der Waals surface area contributed by atoms with Gasteiger partial charge in [0.15, 0.2) is 0 Å². The van der Waals surface area contributed by atoms with E-state index in [0.29, 0.717) is 22.7 Å². The molecule has 0 bridgehead atoms. The summed E-state index contributed by atoms with van der Waals surface area (Å²) in [5, 5.41) is 3.06. The number of rotatable bonds is 7. The molecular formula is C28H20ClF5N2O2. The van der Waals surface area contributed by atoms with Gasteiger partial charge >= 0.3 is 6.18 Å². The minimum absolute atomic E-state index is 0.0220. The summed E-state index contributed by atoms with van der Waals surface area (Å²) >= 11 is 6.05. The average molecular weight is 547 g/mol. The van der Waals surface area contributed by atoms with Crippen LogP contribution in [-0.4, -0.2) is 18.0 Å². The van der Waals surface area contributed by atoms with Crippen molar-refractivity contribution in [3.63, 3.8) is 0 Å². The number of hydrogen-bond donors (Lipinski definition) is 1. The zero-order chi connectivity index (χ0) is 27.5. The maximum atomic E-state index is 14.8. The van der Waals surface area contributed by atoms with E-state index in [-0.39, 0.29) is 23.4 Å². The summed E-state index contributed by atoms with van der Waals surface area (Å²) in [5.74, 6) is -3.02. The largest absolute Gasteiger partial charge is 0.497 e. The van der Waals surface area contributed by atoms with Crippen LogP contribution in [0.3, 0.4) is 0 Å². The molecule has 1 atom stereocenters. The van der Waals surface area contributed by atoms with E-state index in [2.05, 4.69) is 10.3 Å². The third-order valence-electron chi connectivity index (χ3n) is 5.94. The van der Waals surface area contributed by atoms with E-state index in [1.165, 1.54) is 37.6 Å². The topological polar surface area (TPSA) is 51.2 Å². The molecule has 1 N–H and O–H groups in total. The maximum Gasteiger partial charge on any atom is 0.419 e. The second-order valence-corrected chi connectivity index (χ2v) is 8.89. The second kappa shape index (κ2) is 10.8. The molecule has 4 rings (SSSR count). The number of halogens is 6. The van der Waals surface area contributed by atoms with E-state index in [1.807, 2.05) is 0 Å². The molecular weight excluding hydrogens is 527 g/mol. The van der Waals surface area contributed by atoms with Crippen LogP contribution in [0.2, 0.25) is 5.02 Å². The Balaban J connectivity index is 1.94. The minimum Gasteiger partial charge on any atom is -0.497 e. The molecule has 0 fully saturated rings. The maximum absolute atomic E-state index is 14.8. The number of ether oxygens (including phenoxy) is 1. The van der Waals surface area contributed by atoms with Gasteiger partial charge in [0.05, 0.1) is 23.4 Å². The number of benzene rings is 3. The molecule has 196 valence electrons. The van der Waals surface area contributed by atoms with Crippen LogP contribution in [-0.2, 0) is 18.1 Å². The standard InChI is InChI=1S/C28H20ClF5N2O2/c1-38-22-13-19(12-21(30)14-22)27(15-17-5-3-2-4-6-17,25-10-8-20(29)16-35-25)36-26(37)18-7-9-24(31)23(11-18)28(32,33)34/h2-14,16H,15H2,1H3,(H,36,37). The number of pyridine rings is 1. The number of methoxy groups -OCH3 is 1. The van der Waals surface area contributed by atoms with Crippen molar-refractivity contribution in [3.8, 4) is 5.75 Å². The van der Waals surface area contributed by atoms with Gasteiger partial charge in [0.1, 0.15) is 22.9 Å². The van der Waals surface area contributed by atoms with Crippen molar-refractivity contribution in [2.24, 2.45) is 0 Å². The molecule has 1 aromatic heterocycles. The Morgan fingerprint density at radius 1 is 0.974 bits per heavy atom. The Labute approximate surface area is 220 Å². The van der Waals surface area contributed by atoms with Crippen LogP contribution in [0, 0.1) is 11.6 Å². The Bertz CT molecular complexity index is 1450. The van der Waals surface area contributed by atoms with Gasteiger partial charge in [-0.1, -0.05) is 41.9 Å². The van der Waals surface area contributed by atoms with Crippen molar-refractivity contribution in [2.45, 2.75) is 18.1 Å². The van der Waals surface area contributed by atoms with Crippen LogP contribution in [0.15, 0.2) is 85.1 Å². The molecule has 1 heterocycles. The number of amides is 1. The lowest BCUT2D eigenvalue weighted by molar-refractivity contribution is -0.140. The number of nitrogens with one attached hydrogen (secondary N) is 1. The summed E-state index contributed by atoms with van der Waals surface area (Å²) in [6, 6.07) is 17.6. The third-order valence-corrected chi connectivity index (χ3v) is 6.16. The van der Waals surface area contributed by atoms with Crippen LogP contribution in [0.1, 0.15) is 32.7 Å². The lowest BCUT2D eigenvalue weighted by Gasteiger charge is -2.36. The summed E-state index contributed by atoms with van der Waals surface area (Å²) in [6.07, 6.45) is -3.66. The number of nitrogens with zero attached hydrogens (tertiary/aromatic N) is 1. The van der Waals surface area contributed by atoms with Crippen molar-refractivity contribution in [1.82, 2.24) is 10.3 Å². The van der Waals surface area contributed by atoms with Gasteiger partial charge in [-0.3, -0.25) is 9.78 Å². The van der Waals surface area contributed by atoms with Crippen molar-refractivity contribution in [1.29, 1.82) is 0 Å². The Kier molecular flexibility index (Phi) is 7.68. The van der Waals surface area contributed by atoms with Crippen LogP contribution in [0.4, 0.5) is 22.0 Å².